The normalized spacial score (nSPS) is 12.1. The third-order valence-electron chi connectivity index (χ3n) is 2.56. The van der Waals surface area contributed by atoms with Gasteiger partial charge in [-0.1, -0.05) is 82.0 Å². The summed E-state index contributed by atoms with van der Waals surface area (Å²) in [6.45, 7) is 16.0. The Kier molecular flexibility index (Phi) is 7.79. The van der Waals surface area contributed by atoms with Crippen LogP contribution in [0.25, 0.3) is 0 Å². The molecule has 0 spiro atoms. The molecule has 0 heteroatoms. The van der Waals surface area contributed by atoms with E-state index in [1.807, 2.05) is 39.0 Å². The van der Waals surface area contributed by atoms with Gasteiger partial charge in [0.2, 0.25) is 0 Å². The summed E-state index contributed by atoms with van der Waals surface area (Å²) in [5.41, 5.74) is 3.66. The van der Waals surface area contributed by atoms with Crippen LogP contribution in [-0.2, 0) is 0 Å². The van der Waals surface area contributed by atoms with Gasteiger partial charge in [-0.2, -0.15) is 0 Å². The number of hydrogen-bond donors (Lipinski definition) is 0. The van der Waals surface area contributed by atoms with Crippen molar-refractivity contribution in [1.82, 2.24) is 0 Å². The first-order valence-corrected chi connectivity index (χ1v) is 6.20. The first kappa shape index (κ1) is 15.4. The fourth-order valence-electron chi connectivity index (χ4n) is 1.70. The van der Waals surface area contributed by atoms with Gasteiger partial charge < -0.3 is 0 Å². The number of allylic oxidation sites excluding steroid dienone is 4. The summed E-state index contributed by atoms with van der Waals surface area (Å²) in [6.07, 6.45) is 3.86. The number of hydrogen-bond acceptors (Lipinski definition) is 0. The van der Waals surface area contributed by atoms with Gasteiger partial charge in [0.05, 0.1) is 0 Å². The molecule has 0 amide bonds. The zero-order valence-corrected chi connectivity index (χ0v) is 11.5. The molecule has 0 aliphatic carbocycles. The van der Waals surface area contributed by atoms with Crippen LogP contribution in [0, 0.1) is 0 Å². The zero-order valence-electron chi connectivity index (χ0n) is 11.5. The highest BCUT2D eigenvalue weighted by Gasteiger charge is 2.10. The molecule has 1 atom stereocenters. The van der Waals surface area contributed by atoms with E-state index in [-0.39, 0.29) is 0 Å². The molecular formula is C17H24. The largest absolute Gasteiger partial charge is 0.0991 e. The quantitative estimate of drug-likeness (QED) is 0.596. The Morgan fingerprint density at radius 2 is 1.71 bits per heavy atom. The molecule has 0 bridgehead atoms. The predicted octanol–water partition coefficient (Wildman–Crippen LogP) is 5.50. The van der Waals surface area contributed by atoms with Crippen molar-refractivity contribution >= 4 is 0 Å². The van der Waals surface area contributed by atoms with Crippen LogP contribution in [0.4, 0.5) is 0 Å². The summed E-state index contributed by atoms with van der Waals surface area (Å²) in [5.74, 6) is 0.377. The summed E-state index contributed by atoms with van der Waals surface area (Å²) in [5, 5.41) is 0. The van der Waals surface area contributed by atoms with Crippen LogP contribution >= 0.6 is 0 Å². The molecule has 1 unspecified atom stereocenters. The SMILES string of the molecule is C=C/C=C(\C(=C)C)C(C)c1ccccc1.CC. The van der Waals surface area contributed by atoms with E-state index in [2.05, 4.69) is 44.3 Å². The highest BCUT2D eigenvalue weighted by atomic mass is 14.1. The highest BCUT2D eigenvalue weighted by Crippen LogP contribution is 2.27. The molecule has 92 valence electrons. The minimum absolute atomic E-state index is 0.377. The van der Waals surface area contributed by atoms with Gasteiger partial charge in [-0.15, -0.1) is 0 Å². The average molecular weight is 228 g/mol. The standard InChI is InChI=1S/C15H18.C2H6/c1-5-9-15(12(2)3)13(4)14-10-7-6-8-11-14;1-2/h5-11,13H,1-2H2,3-4H3;1-2H3/b15-9+;. The average Bonchev–Trinajstić information content (AvgIpc) is 2.38. The lowest BCUT2D eigenvalue weighted by molar-refractivity contribution is 0.903. The van der Waals surface area contributed by atoms with E-state index >= 15 is 0 Å². The van der Waals surface area contributed by atoms with Gasteiger partial charge >= 0.3 is 0 Å². The monoisotopic (exact) mass is 228 g/mol. The number of rotatable bonds is 4. The van der Waals surface area contributed by atoms with Crippen molar-refractivity contribution in [3.63, 3.8) is 0 Å². The molecule has 0 N–H and O–H groups in total. The van der Waals surface area contributed by atoms with Crippen LogP contribution in [0.1, 0.15) is 39.2 Å². The lowest BCUT2D eigenvalue weighted by Crippen LogP contribution is -1.98. The van der Waals surface area contributed by atoms with E-state index in [4.69, 9.17) is 0 Å². The second-order valence-corrected chi connectivity index (χ2v) is 3.77. The fraction of sp³-hybridized carbons (Fsp3) is 0.294. The fourth-order valence-corrected chi connectivity index (χ4v) is 1.70. The molecule has 0 fully saturated rings. The number of benzene rings is 1. The van der Waals surface area contributed by atoms with Crippen molar-refractivity contribution in [2.45, 2.75) is 33.6 Å². The lowest BCUT2D eigenvalue weighted by Gasteiger charge is -2.16. The van der Waals surface area contributed by atoms with Gasteiger partial charge in [0.15, 0.2) is 0 Å². The Labute approximate surface area is 106 Å². The van der Waals surface area contributed by atoms with Crippen LogP contribution in [0.2, 0.25) is 0 Å². The topological polar surface area (TPSA) is 0 Å². The minimum Gasteiger partial charge on any atom is -0.0991 e. The summed E-state index contributed by atoms with van der Waals surface area (Å²) in [6, 6.07) is 10.5. The van der Waals surface area contributed by atoms with Crippen molar-refractivity contribution < 1.29 is 0 Å². The summed E-state index contributed by atoms with van der Waals surface area (Å²) in [7, 11) is 0. The Hall–Kier alpha value is -1.56. The van der Waals surface area contributed by atoms with Gasteiger partial charge in [-0.25, -0.2) is 0 Å². The molecule has 0 heterocycles. The molecule has 1 rings (SSSR count). The first-order chi connectivity index (χ1) is 8.16. The molecule has 0 saturated carbocycles. The van der Waals surface area contributed by atoms with Crippen LogP contribution in [-0.4, -0.2) is 0 Å². The van der Waals surface area contributed by atoms with E-state index in [9.17, 15) is 0 Å². The van der Waals surface area contributed by atoms with Crippen molar-refractivity contribution in [3.05, 3.63) is 72.4 Å². The summed E-state index contributed by atoms with van der Waals surface area (Å²) >= 11 is 0. The molecule has 1 aromatic rings. The smallest absolute Gasteiger partial charge is 0.00634 e. The van der Waals surface area contributed by atoms with Crippen LogP contribution in [0.5, 0.6) is 0 Å². The van der Waals surface area contributed by atoms with Gasteiger partial charge in [-0.3, -0.25) is 0 Å². The Morgan fingerprint density at radius 3 is 2.12 bits per heavy atom. The Morgan fingerprint density at radius 1 is 1.18 bits per heavy atom. The molecule has 0 radical (unpaired) electrons. The lowest BCUT2D eigenvalue weighted by atomic mass is 9.89. The van der Waals surface area contributed by atoms with E-state index < -0.39 is 0 Å². The third kappa shape index (κ3) is 4.86. The highest BCUT2D eigenvalue weighted by molar-refractivity contribution is 5.39. The van der Waals surface area contributed by atoms with Crippen LogP contribution in [0.15, 0.2) is 66.8 Å². The van der Waals surface area contributed by atoms with Crippen molar-refractivity contribution in [3.8, 4) is 0 Å². The molecule has 0 saturated heterocycles. The van der Waals surface area contributed by atoms with Gasteiger partial charge in [-0.05, 0) is 18.1 Å². The minimum atomic E-state index is 0.377. The van der Waals surface area contributed by atoms with Crippen molar-refractivity contribution in [2.24, 2.45) is 0 Å². The first-order valence-electron chi connectivity index (χ1n) is 6.20. The van der Waals surface area contributed by atoms with E-state index in [0.717, 1.165) is 5.57 Å². The van der Waals surface area contributed by atoms with Crippen molar-refractivity contribution in [1.29, 1.82) is 0 Å². The van der Waals surface area contributed by atoms with Gasteiger partial charge in [0.25, 0.3) is 0 Å². The Bertz CT molecular complexity index is 368. The maximum Gasteiger partial charge on any atom is 0.00634 e. The van der Waals surface area contributed by atoms with E-state index in [0.29, 0.717) is 5.92 Å². The predicted molar refractivity (Wildman–Crippen MR) is 79.3 cm³/mol. The molecule has 1 aromatic carbocycles. The Balaban J connectivity index is 0.00000121. The second-order valence-electron chi connectivity index (χ2n) is 3.77. The molecule has 0 aliphatic rings. The van der Waals surface area contributed by atoms with Crippen LogP contribution in [0.3, 0.4) is 0 Å². The molecule has 0 aromatic heterocycles. The molecule has 17 heavy (non-hydrogen) atoms. The molecular weight excluding hydrogens is 204 g/mol. The second kappa shape index (κ2) is 8.58. The van der Waals surface area contributed by atoms with Gasteiger partial charge in [0, 0.05) is 5.92 Å². The van der Waals surface area contributed by atoms with E-state index in [1.165, 1.54) is 11.1 Å². The van der Waals surface area contributed by atoms with Crippen LogP contribution < -0.4 is 0 Å². The van der Waals surface area contributed by atoms with E-state index in [1.54, 1.807) is 0 Å². The zero-order chi connectivity index (χ0) is 13.3. The third-order valence-corrected chi connectivity index (χ3v) is 2.56. The summed E-state index contributed by atoms with van der Waals surface area (Å²) in [4.78, 5) is 0. The van der Waals surface area contributed by atoms with Gasteiger partial charge in [0.1, 0.15) is 0 Å². The van der Waals surface area contributed by atoms with Crippen molar-refractivity contribution in [2.75, 3.05) is 0 Å². The maximum atomic E-state index is 4.00. The maximum absolute atomic E-state index is 4.00. The molecule has 0 nitrogen and oxygen atoms in total. The summed E-state index contributed by atoms with van der Waals surface area (Å²) < 4.78 is 0. The molecule has 0 aliphatic heterocycles.